The number of thiophene rings is 1. The third-order valence-electron chi connectivity index (χ3n) is 5.47. The highest BCUT2D eigenvalue weighted by molar-refractivity contribution is 7.99. The van der Waals surface area contributed by atoms with Crippen molar-refractivity contribution >= 4 is 50.8 Å². The van der Waals surface area contributed by atoms with Crippen LogP contribution in [0.2, 0.25) is 0 Å². The van der Waals surface area contributed by atoms with E-state index in [1.165, 1.54) is 40.6 Å². The topological polar surface area (TPSA) is 110 Å². The van der Waals surface area contributed by atoms with Crippen LogP contribution in [0.3, 0.4) is 0 Å². The maximum Gasteiger partial charge on any atom is 0.230 e. The Kier molecular flexibility index (Phi) is 5.75. The van der Waals surface area contributed by atoms with Crippen molar-refractivity contribution in [1.82, 2.24) is 24.9 Å². The van der Waals surface area contributed by atoms with Crippen molar-refractivity contribution in [2.75, 3.05) is 17.7 Å². The number of anilines is 1. The molecule has 0 atom stereocenters. The predicted octanol–water partition coefficient (Wildman–Crippen LogP) is 2.95. The minimum Gasteiger partial charge on any atom is -0.355 e. The lowest BCUT2D eigenvalue weighted by atomic mass is 9.97. The first kappa shape index (κ1) is 20.2. The molecule has 0 bridgehead atoms. The van der Waals surface area contributed by atoms with Crippen molar-refractivity contribution < 1.29 is 4.79 Å². The lowest BCUT2D eigenvalue weighted by molar-refractivity contribution is -0.118. The molecule has 1 aromatic carbocycles. The Morgan fingerprint density at radius 3 is 2.87 bits per heavy atom. The summed E-state index contributed by atoms with van der Waals surface area (Å²) in [5.74, 6) is 6.46. The van der Waals surface area contributed by atoms with Crippen molar-refractivity contribution in [3.8, 4) is 0 Å². The second kappa shape index (κ2) is 8.81. The Morgan fingerprint density at radius 1 is 1.19 bits per heavy atom. The number of carbonyl (C=O) groups is 1. The lowest BCUT2D eigenvalue weighted by Crippen LogP contribution is -2.27. The van der Waals surface area contributed by atoms with Gasteiger partial charge < -0.3 is 5.32 Å². The highest BCUT2D eigenvalue weighted by Crippen LogP contribution is 2.38. The van der Waals surface area contributed by atoms with Gasteiger partial charge in [0.05, 0.1) is 11.1 Å². The summed E-state index contributed by atoms with van der Waals surface area (Å²) in [5.41, 5.74) is 5.97. The maximum atomic E-state index is 12.3. The molecule has 160 valence electrons. The van der Waals surface area contributed by atoms with Gasteiger partial charge in [-0.3, -0.25) is 10.2 Å². The third kappa shape index (κ3) is 3.98. The summed E-state index contributed by atoms with van der Waals surface area (Å²) in [6, 6.07) is 10.1. The molecule has 0 aliphatic heterocycles. The van der Waals surface area contributed by atoms with Crippen LogP contribution < -0.4 is 16.6 Å². The number of thioether (sulfide) groups is 1. The zero-order valence-electron chi connectivity index (χ0n) is 16.9. The van der Waals surface area contributed by atoms with E-state index in [0.29, 0.717) is 17.6 Å². The fraction of sp³-hybridized carbons (Fsp3) is 0.333. The Labute approximate surface area is 187 Å². The Hall–Kier alpha value is -2.69. The third-order valence-corrected chi connectivity index (χ3v) is 7.58. The van der Waals surface area contributed by atoms with Crippen molar-refractivity contribution in [3.05, 3.63) is 46.3 Å². The van der Waals surface area contributed by atoms with E-state index in [1.807, 2.05) is 22.6 Å². The van der Waals surface area contributed by atoms with Crippen LogP contribution in [0.15, 0.2) is 35.5 Å². The minimum absolute atomic E-state index is 0.0399. The van der Waals surface area contributed by atoms with Crippen molar-refractivity contribution in [1.29, 1.82) is 0 Å². The first-order valence-corrected chi connectivity index (χ1v) is 12.1. The molecule has 5 rings (SSSR count). The van der Waals surface area contributed by atoms with Crippen molar-refractivity contribution in [2.45, 2.75) is 37.3 Å². The molecule has 1 aliphatic rings. The van der Waals surface area contributed by atoms with Crippen molar-refractivity contribution in [2.24, 2.45) is 5.84 Å². The smallest absolute Gasteiger partial charge is 0.230 e. The first-order chi connectivity index (χ1) is 15.2. The van der Waals surface area contributed by atoms with E-state index < -0.39 is 0 Å². The van der Waals surface area contributed by atoms with E-state index in [9.17, 15) is 4.79 Å². The Bertz CT molecular complexity index is 1240. The number of aryl methyl sites for hydroxylation is 2. The second-order valence-corrected chi connectivity index (χ2v) is 9.51. The summed E-state index contributed by atoms with van der Waals surface area (Å²) >= 11 is 3.05. The van der Waals surface area contributed by atoms with E-state index in [4.69, 9.17) is 10.8 Å². The number of fused-ring (bicyclic) bond motifs is 5. The van der Waals surface area contributed by atoms with E-state index >= 15 is 0 Å². The Morgan fingerprint density at radius 2 is 2.03 bits per heavy atom. The van der Waals surface area contributed by atoms with Crippen LogP contribution in [0.4, 0.5) is 5.95 Å². The van der Waals surface area contributed by atoms with E-state index in [0.717, 1.165) is 35.1 Å². The molecule has 8 nitrogen and oxygen atoms in total. The molecule has 4 N–H and O–H groups in total. The molecular weight excluding hydrogens is 430 g/mol. The number of nitrogens with one attached hydrogen (secondary N) is 2. The van der Waals surface area contributed by atoms with Crippen LogP contribution in [-0.2, 0) is 24.1 Å². The van der Waals surface area contributed by atoms with Crippen LogP contribution in [0.25, 0.3) is 15.9 Å². The highest BCUT2D eigenvalue weighted by atomic mass is 32.2. The fourth-order valence-corrected chi connectivity index (χ4v) is 6.01. The number of hydrogen-bond acceptors (Lipinski definition) is 8. The second-order valence-electron chi connectivity index (χ2n) is 7.49. The van der Waals surface area contributed by atoms with Crippen molar-refractivity contribution in [3.63, 3.8) is 0 Å². The molecular formula is C21H23N7OS2. The number of nitrogens with zero attached hydrogens (tertiary/aromatic N) is 4. The van der Waals surface area contributed by atoms with Gasteiger partial charge in [-0.05, 0) is 43.2 Å². The summed E-state index contributed by atoms with van der Waals surface area (Å²) in [7, 11) is 0. The average molecular weight is 454 g/mol. The molecule has 4 aromatic rings. The SMILES string of the molecule is NNc1nc2sc3c(c2c2nnc(SCC(=O)NCCc4ccccc4)n12)CCCC3. The number of hydrazine groups is 1. The molecule has 10 heteroatoms. The molecule has 0 fully saturated rings. The monoisotopic (exact) mass is 453 g/mol. The maximum absolute atomic E-state index is 12.3. The molecule has 1 amide bonds. The number of nitrogen functional groups attached to an aromatic ring is 1. The number of hydrogen-bond donors (Lipinski definition) is 3. The molecule has 31 heavy (non-hydrogen) atoms. The number of amides is 1. The van der Waals surface area contributed by atoms with Crippen LogP contribution in [0.5, 0.6) is 0 Å². The number of benzene rings is 1. The summed E-state index contributed by atoms with van der Waals surface area (Å²) in [4.78, 5) is 19.4. The van der Waals surface area contributed by atoms with Gasteiger partial charge in [0.2, 0.25) is 11.9 Å². The van der Waals surface area contributed by atoms with Gasteiger partial charge in [-0.2, -0.15) is 0 Å². The highest BCUT2D eigenvalue weighted by Gasteiger charge is 2.23. The van der Waals surface area contributed by atoms with Crippen LogP contribution in [-0.4, -0.2) is 37.8 Å². The van der Waals surface area contributed by atoms with Gasteiger partial charge >= 0.3 is 0 Å². The average Bonchev–Trinajstić information content (AvgIpc) is 3.39. The van der Waals surface area contributed by atoms with Gasteiger partial charge in [0.25, 0.3) is 0 Å². The minimum atomic E-state index is -0.0399. The predicted molar refractivity (Wildman–Crippen MR) is 124 cm³/mol. The number of rotatable bonds is 7. The van der Waals surface area contributed by atoms with Crippen LogP contribution in [0, 0.1) is 0 Å². The normalized spacial score (nSPS) is 13.5. The number of aromatic nitrogens is 4. The molecule has 3 heterocycles. The zero-order valence-corrected chi connectivity index (χ0v) is 18.6. The number of nitrogens with two attached hydrogens (primary N) is 1. The van der Waals surface area contributed by atoms with E-state index in [1.54, 1.807) is 11.3 Å². The molecule has 3 aromatic heterocycles. The quantitative estimate of drug-likeness (QED) is 0.224. The molecule has 1 aliphatic carbocycles. The first-order valence-electron chi connectivity index (χ1n) is 10.3. The van der Waals surface area contributed by atoms with E-state index in [2.05, 4.69) is 33.1 Å². The summed E-state index contributed by atoms with van der Waals surface area (Å²) in [6.45, 7) is 0.600. The Balaban J connectivity index is 1.33. The van der Waals surface area contributed by atoms with Crippen LogP contribution in [0.1, 0.15) is 28.8 Å². The van der Waals surface area contributed by atoms with Gasteiger partial charge in [-0.15, -0.1) is 21.5 Å². The summed E-state index contributed by atoms with van der Waals surface area (Å²) in [5, 5.41) is 13.4. The molecule has 0 saturated carbocycles. The molecule has 0 unspecified atom stereocenters. The molecule has 0 spiro atoms. The fourth-order valence-electron chi connectivity index (χ4n) is 3.99. The van der Waals surface area contributed by atoms with Crippen LogP contribution >= 0.6 is 23.1 Å². The summed E-state index contributed by atoms with van der Waals surface area (Å²) in [6.07, 6.45) is 5.33. The lowest BCUT2D eigenvalue weighted by Gasteiger charge is -2.11. The van der Waals surface area contributed by atoms with Gasteiger partial charge in [-0.25, -0.2) is 15.2 Å². The molecule has 0 saturated heterocycles. The molecule has 0 radical (unpaired) electrons. The largest absolute Gasteiger partial charge is 0.355 e. The van der Waals surface area contributed by atoms with E-state index in [-0.39, 0.29) is 11.7 Å². The standard InChI is InChI=1S/C21H23N7OS2/c22-25-20-24-19-17(14-8-4-5-9-15(14)31-19)18-26-27-21(28(18)20)30-12-16(29)23-11-10-13-6-2-1-3-7-13/h1-3,6-7H,4-5,8-12,22H2,(H,23,29)(H,24,25). The number of carbonyl (C=O) groups excluding carboxylic acids is 1. The summed E-state index contributed by atoms with van der Waals surface area (Å²) < 4.78 is 1.83. The van der Waals surface area contributed by atoms with Gasteiger partial charge in [-0.1, -0.05) is 42.1 Å². The van der Waals surface area contributed by atoms with Gasteiger partial charge in [0.1, 0.15) is 4.83 Å². The van der Waals surface area contributed by atoms with Gasteiger partial charge in [0.15, 0.2) is 10.8 Å². The van der Waals surface area contributed by atoms with Gasteiger partial charge in [0, 0.05) is 11.4 Å². The zero-order chi connectivity index (χ0) is 21.2.